The third kappa shape index (κ3) is 4.13. The lowest BCUT2D eigenvalue weighted by Gasteiger charge is -2.57. The number of hydrogen-bond donors (Lipinski definition) is 1. The molecular weight excluding hydrogens is 354 g/mol. The summed E-state index contributed by atoms with van der Waals surface area (Å²) >= 11 is 0. The fourth-order valence-electron chi connectivity index (χ4n) is 5.92. The summed E-state index contributed by atoms with van der Waals surface area (Å²) in [4.78, 5) is 36.9. The van der Waals surface area contributed by atoms with E-state index in [1.165, 1.54) is 19.3 Å². The van der Waals surface area contributed by atoms with Crippen molar-refractivity contribution in [2.75, 3.05) is 0 Å². The number of carbonyl (C=O) groups is 3. The molecule has 5 nitrogen and oxygen atoms in total. The standard InChI is InChI=1S/C23H29NO4/c1-15(28-21(26)8-7-20(25)19-5-3-2-4-6-19)22(27)24-23-12-16-9-17(13-23)11-18(10-16)14-23/h2-6,15-18H,7-14H2,1H3,(H,24,27)/t15-,16?,17?,18?,23?/m0/s1. The average Bonchev–Trinajstić information content (AvgIpc) is 2.65. The van der Waals surface area contributed by atoms with Gasteiger partial charge in [-0.1, -0.05) is 30.3 Å². The summed E-state index contributed by atoms with van der Waals surface area (Å²) in [6.45, 7) is 1.62. The van der Waals surface area contributed by atoms with E-state index in [0.717, 1.165) is 37.0 Å². The van der Waals surface area contributed by atoms with Gasteiger partial charge in [0.2, 0.25) is 0 Å². The third-order valence-electron chi connectivity index (χ3n) is 6.76. The number of benzene rings is 1. The van der Waals surface area contributed by atoms with Gasteiger partial charge in [0.25, 0.3) is 5.91 Å². The van der Waals surface area contributed by atoms with Crippen LogP contribution in [0.25, 0.3) is 0 Å². The lowest BCUT2D eigenvalue weighted by atomic mass is 9.53. The fraction of sp³-hybridized carbons (Fsp3) is 0.609. The molecule has 5 rings (SSSR count). The zero-order valence-corrected chi connectivity index (χ0v) is 16.5. The van der Waals surface area contributed by atoms with E-state index in [9.17, 15) is 14.4 Å². The lowest BCUT2D eigenvalue weighted by molar-refractivity contribution is -0.156. The highest BCUT2D eigenvalue weighted by molar-refractivity contribution is 5.97. The van der Waals surface area contributed by atoms with Gasteiger partial charge in [-0.2, -0.15) is 0 Å². The van der Waals surface area contributed by atoms with Crippen molar-refractivity contribution in [1.29, 1.82) is 0 Å². The Morgan fingerprint density at radius 2 is 1.57 bits per heavy atom. The van der Waals surface area contributed by atoms with Crippen LogP contribution in [0.5, 0.6) is 0 Å². The molecule has 4 aliphatic carbocycles. The van der Waals surface area contributed by atoms with Gasteiger partial charge in [0.15, 0.2) is 11.9 Å². The van der Waals surface area contributed by atoms with Crippen LogP contribution in [0.15, 0.2) is 30.3 Å². The van der Waals surface area contributed by atoms with Crippen LogP contribution in [0.1, 0.15) is 68.6 Å². The van der Waals surface area contributed by atoms with E-state index < -0.39 is 12.1 Å². The summed E-state index contributed by atoms with van der Waals surface area (Å²) in [6, 6.07) is 8.89. The number of amides is 1. The lowest BCUT2D eigenvalue weighted by Crippen LogP contribution is -2.61. The molecule has 0 aromatic heterocycles. The first-order valence-electron chi connectivity index (χ1n) is 10.5. The minimum atomic E-state index is -0.827. The van der Waals surface area contributed by atoms with E-state index in [1.807, 2.05) is 6.07 Å². The second-order valence-corrected chi connectivity index (χ2v) is 9.11. The molecule has 4 fully saturated rings. The predicted octanol–water partition coefficient (Wildman–Crippen LogP) is 3.67. The number of hydrogen-bond acceptors (Lipinski definition) is 4. The van der Waals surface area contributed by atoms with Crippen molar-refractivity contribution >= 4 is 17.7 Å². The Hall–Kier alpha value is -2.17. The van der Waals surface area contributed by atoms with Crippen LogP contribution in [0.3, 0.4) is 0 Å². The molecule has 1 atom stereocenters. The second kappa shape index (κ2) is 7.69. The Morgan fingerprint density at radius 1 is 1.00 bits per heavy atom. The van der Waals surface area contributed by atoms with Crippen LogP contribution < -0.4 is 5.32 Å². The van der Waals surface area contributed by atoms with E-state index in [4.69, 9.17) is 4.74 Å². The van der Waals surface area contributed by atoms with E-state index in [0.29, 0.717) is 5.56 Å². The molecule has 0 unspecified atom stereocenters. The predicted molar refractivity (Wildman–Crippen MR) is 105 cm³/mol. The number of carbonyl (C=O) groups excluding carboxylic acids is 3. The molecule has 0 saturated heterocycles. The quantitative estimate of drug-likeness (QED) is 0.576. The molecule has 0 spiro atoms. The average molecular weight is 383 g/mol. The number of Topliss-reactive ketones (excluding diaryl/α,β-unsaturated/α-hetero) is 1. The van der Waals surface area contributed by atoms with Crippen molar-refractivity contribution in [2.24, 2.45) is 17.8 Å². The molecule has 1 aromatic rings. The highest BCUT2D eigenvalue weighted by Crippen LogP contribution is 2.55. The fourth-order valence-corrected chi connectivity index (χ4v) is 5.92. The van der Waals surface area contributed by atoms with Crippen LogP contribution >= 0.6 is 0 Å². The van der Waals surface area contributed by atoms with Gasteiger partial charge >= 0.3 is 5.97 Å². The molecular formula is C23H29NO4. The summed E-state index contributed by atoms with van der Waals surface area (Å²) in [6.07, 6.45) is 6.39. The molecule has 0 heterocycles. The van der Waals surface area contributed by atoms with Crippen molar-refractivity contribution in [1.82, 2.24) is 5.32 Å². The SMILES string of the molecule is C[C@H](OC(=O)CCC(=O)c1ccccc1)C(=O)NC12CC3CC(CC(C3)C1)C2. The topological polar surface area (TPSA) is 72.5 Å². The van der Waals surface area contributed by atoms with Gasteiger partial charge in [0.05, 0.1) is 6.42 Å². The van der Waals surface area contributed by atoms with Gasteiger partial charge in [-0.25, -0.2) is 0 Å². The van der Waals surface area contributed by atoms with Gasteiger partial charge in [-0.3, -0.25) is 14.4 Å². The molecule has 4 aliphatic rings. The highest BCUT2D eigenvalue weighted by Gasteiger charge is 2.51. The first kappa shape index (κ1) is 19.2. The molecule has 1 N–H and O–H groups in total. The minimum Gasteiger partial charge on any atom is -0.453 e. The van der Waals surface area contributed by atoms with Crippen LogP contribution in [-0.4, -0.2) is 29.3 Å². The van der Waals surface area contributed by atoms with E-state index >= 15 is 0 Å². The van der Waals surface area contributed by atoms with Gasteiger partial charge in [-0.05, 0) is 63.2 Å². The summed E-state index contributed by atoms with van der Waals surface area (Å²) in [5, 5.41) is 3.24. The van der Waals surface area contributed by atoms with Gasteiger partial charge in [-0.15, -0.1) is 0 Å². The number of esters is 1. The molecule has 4 saturated carbocycles. The third-order valence-corrected chi connectivity index (χ3v) is 6.76. The molecule has 0 radical (unpaired) electrons. The summed E-state index contributed by atoms with van der Waals surface area (Å²) < 4.78 is 5.31. The molecule has 1 aromatic carbocycles. The zero-order valence-electron chi connectivity index (χ0n) is 16.5. The Morgan fingerprint density at radius 3 is 2.14 bits per heavy atom. The van der Waals surface area contributed by atoms with Crippen LogP contribution in [-0.2, 0) is 14.3 Å². The number of rotatable bonds is 7. The van der Waals surface area contributed by atoms with Crippen molar-refractivity contribution in [3.8, 4) is 0 Å². The van der Waals surface area contributed by atoms with E-state index in [-0.39, 0.29) is 30.1 Å². The monoisotopic (exact) mass is 383 g/mol. The van der Waals surface area contributed by atoms with Gasteiger partial charge < -0.3 is 10.1 Å². The van der Waals surface area contributed by atoms with Gasteiger partial charge in [0.1, 0.15) is 0 Å². The second-order valence-electron chi connectivity index (χ2n) is 9.11. The number of ketones is 1. The normalized spacial score (nSPS) is 31.2. The summed E-state index contributed by atoms with van der Waals surface area (Å²) in [7, 11) is 0. The zero-order chi connectivity index (χ0) is 19.7. The van der Waals surface area contributed by atoms with Crippen molar-refractivity contribution < 1.29 is 19.1 Å². The smallest absolute Gasteiger partial charge is 0.307 e. The minimum absolute atomic E-state index is 0.0112. The van der Waals surface area contributed by atoms with E-state index in [2.05, 4.69) is 5.32 Å². The molecule has 28 heavy (non-hydrogen) atoms. The largest absolute Gasteiger partial charge is 0.453 e. The summed E-state index contributed by atoms with van der Waals surface area (Å²) in [5.74, 6) is 1.43. The Bertz CT molecular complexity index is 722. The Kier molecular flexibility index (Phi) is 5.26. The maximum atomic E-state index is 12.7. The Balaban J connectivity index is 1.25. The molecule has 150 valence electrons. The maximum Gasteiger partial charge on any atom is 0.307 e. The van der Waals surface area contributed by atoms with Crippen molar-refractivity contribution in [3.05, 3.63) is 35.9 Å². The first-order chi connectivity index (χ1) is 13.4. The summed E-state index contributed by atoms with van der Waals surface area (Å²) in [5.41, 5.74) is 0.499. The van der Waals surface area contributed by atoms with Crippen molar-refractivity contribution in [2.45, 2.75) is 69.9 Å². The molecule has 4 bridgehead atoms. The first-order valence-corrected chi connectivity index (χ1v) is 10.5. The van der Waals surface area contributed by atoms with Crippen molar-refractivity contribution in [3.63, 3.8) is 0 Å². The van der Waals surface area contributed by atoms with Crippen LogP contribution in [0.2, 0.25) is 0 Å². The number of ether oxygens (including phenoxy) is 1. The molecule has 0 aliphatic heterocycles. The number of nitrogens with one attached hydrogen (secondary N) is 1. The highest BCUT2D eigenvalue weighted by atomic mass is 16.5. The maximum absolute atomic E-state index is 12.7. The van der Waals surface area contributed by atoms with Gasteiger partial charge in [0, 0.05) is 17.5 Å². The Labute approximate surface area is 166 Å². The molecule has 5 heteroatoms. The van der Waals surface area contributed by atoms with E-state index in [1.54, 1.807) is 31.2 Å². The van der Waals surface area contributed by atoms with Crippen LogP contribution in [0, 0.1) is 17.8 Å². The van der Waals surface area contributed by atoms with Crippen LogP contribution in [0.4, 0.5) is 0 Å². The molecule has 1 amide bonds.